The van der Waals surface area contributed by atoms with Crippen LogP contribution in [-0.2, 0) is 21.9 Å². The molecule has 164 valence electrons. The lowest BCUT2D eigenvalue weighted by atomic mass is 10.2. The summed E-state index contributed by atoms with van der Waals surface area (Å²) >= 11 is 0. The fourth-order valence-electron chi connectivity index (χ4n) is 3.23. The number of ether oxygens (including phenoxy) is 1. The van der Waals surface area contributed by atoms with Crippen molar-refractivity contribution >= 4 is 21.6 Å². The van der Waals surface area contributed by atoms with Crippen LogP contribution in [0.3, 0.4) is 0 Å². The van der Waals surface area contributed by atoms with Crippen molar-refractivity contribution in [3.05, 3.63) is 28.2 Å². The summed E-state index contributed by atoms with van der Waals surface area (Å²) in [6, 6.07) is -0.809. The number of aryl methyl sites for hydroxylation is 1. The van der Waals surface area contributed by atoms with Gasteiger partial charge >= 0.3 is 11.6 Å². The zero-order chi connectivity index (χ0) is 22.2. The van der Waals surface area contributed by atoms with Crippen LogP contribution >= 0.6 is 0 Å². The molecule has 2 aromatic rings. The van der Waals surface area contributed by atoms with Crippen molar-refractivity contribution in [3.63, 3.8) is 0 Å². The predicted molar refractivity (Wildman–Crippen MR) is 103 cm³/mol. The van der Waals surface area contributed by atoms with Gasteiger partial charge in [-0.3, -0.25) is 19.6 Å². The second kappa shape index (κ2) is 8.02. The first kappa shape index (κ1) is 21.7. The first-order valence-electron chi connectivity index (χ1n) is 9.13. The average molecular weight is 441 g/mol. The molecule has 1 fully saturated rings. The summed E-state index contributed by atoms with van der Waals surface area (Å²) in [6.07, 6.45) is 2.47. The van der Waals surface area contributed by atoms with Gasteiger partial charge in [-0.2, -0.15) is 9.40 Å². The van der Waals surface area contributed by atoms with E-state index >= 15 is 0 Å². The van der Waals surface area contributed by atoms with Gasteiger partial charge in [-0.05, 0) is 13.8 Å². The highest BCUT2D eigenvalue weighted by Gasteiger charge is 2.34. The van der Waals surface area contributed by atoms with Crippen LogP contribution in [0.4, 0.5) is 5.69 Å². The molecule has 1 saturated heterocycles. The van der Waals surface area contributed by atoms with Gasteiger partial charge in [0.15, 0.2) is 0 Å². The summed E-state index contributed by atoms with van der Waals surface area (Å²) in [6.45, 7) is 3.92. The summed E-state index contributed by atoms with van der Waals surface area (Å²) in [5.41, 5.74) is 0.205. The molecular formula is C16H23N7O6S. The highest BCUT2D eigenvalue weighted by molar-refractivity contribution is 7.89. The Bertz CT molecular complexity index is 1070. The van der Waals surface area contributed by atoms with E-state index in [1.807, 2.05) is 0 Å². The van der Waals surface area contributed by atoms with Crippen molar-refractivity contribution < 1.29 is 22.9 Å². The van der Waals surface area contributed by atoms with Gasteiger partial charge in [-0.15, -0.1) is 5.10 Å². The van der Waals surface area contributed by atoms with Gasteiger partial charge in [-0.1, -0.05) is 0 Å². The van der Waals surface area contributed by atoms with Crippen molar-refractivity contribution in [3.8, 4) is 5.88 Å². The second-order valence-corrected chi connectivity index (χ2v) is 8.79. The molecular weight excluding hydrogens is 418 g/mol. The van der Waals surface area contributed by atoms with E-state index in [1.165, 1.54) is 31.9 Å². The van der Waals surface area contributed by atoms with Gasteiger partial charge in [0.05, 0.1) is 23.9 Å². The number of piperazine rings is 1. The van der Waals surface area contributed by atoms with Crippen LogP contribution < -0.4 is 4.74 Å². The Balaban J connectivity index is 1.69. The highest BCUT2D eigenvalue weighted by atomic mass is 32.2. The van der Waals surface area contributed by atoms with Crippen LogP contribution in [0.1, 0.15) is 18.7 Å². The Morgan fingerprint density at radius 2 is 1.93 bits per heavy atom. The van der Waals surface area contributed by atoms with Gasteiger partial charge in [-0.25, -0.2) is 13.1 Å². The smallest absolute Gasteiger partial charge is 0.350 e. The Hall–Kier alpha value is -3.00. The molecule has 1 unspecified atom stereocenters. The van der Waals surface area contributed by atoms with Crippen molar-refractivity contribution in [2.45, 2.75) is 24.8 Å². The zero-order valence-electron chi connectivity index (χ0n) is 17.0. The molecule has 0 bridgehead atoms. The van der Waals surface area contributed by atoms with Crippen LogP contribution in [0, 0.1) is 17.0 Å². The number of carbonyl (C=O) groups excluding carboxylic acids is 1. The van der Waals surface area contributed by atoms with E-state index in [0.29, 0.717) is 5.69 Å². The van der Waals surface area contributed by atoms with Gasteiger partial charge in [0.25, 0.3) is 0 Å². The maximum atomic E-state index is 12.9. The van der Waals surface area contributed by atoms with E-state index in [9.17, 15) is 23.3 Å². The number of hydrogen-bond donors (Lipinski definition) is 0. The van der Waals surface area contributed by atoms with Crippen molar-refractivity contribution in [2.24, 2.45) is 7.05 Å². The first-order chi connectivity index (χ1) is 14.1. The molecule has 1 aliphatic heterocycles. The molecule has 0 N–H and O–H groups in total. The molecule has 0 aliphatic carbocycles. The third kappa shape index (κ3) is 3.75. The summed E-state index contributed by atoms with van der Waals surface area (Å²) < 4.78 is 34.6. The lowest BCUT2D eigenvalue weighted by Crippen LogP contribution is -2.51. The van der Waals surface area contributed by atoms with Gasteiger partial charge in [0, 0.05) is 33.2 Å². The predicted octanol–water partition coefficient (Wildman–Crippen LogP) is -0.0641. The Labute approximate surface area is 173 Å². The Kier molecular flexibility index (Phi) is 5.81. The van der Waals surface area contributed by atoms with Crippen LogP contribution in [0.25, 0.3) is 0 Å². The third-order valence-corrected chi connectivity index (χ3v) is 7.18. The number of aromatic nitrogens is 4. The van der Waals surface area contributed by atoms with Crippen LogP contribution in [0.2, 0.25) is 0 Å². The van der Waals surface area contributed by atoms with Crippen LogP contribution in [0.5, 0.6) is 5.88 Å². The minimum atomic E-state index is -3.71. The second-order valence-electron chi connectivity index (χ2n) is 6.88. The number of carbonyl (C=O) groups is 1. The number of hydrogen-bond acceptors (Lipinski definition) is 8. The summed E-state index contributed by atoms with van der Waals surface area (Å²) in [5.74, 6) is -0.493. The number of rotatable bonds is 6. The van der Waals surface area contributed by atoms with E-state index in [1.54, 1.807) is 20.9 Å². The topological polar surface area (TPSA) is 146 Å². The highest BCUT2D eigenvalue weighted by Crippen LogP contribution is 2.27. The maximum absolute atomic E-state index is 12.9. The molecule has 3 heterocycles. The molecule has 30 heavy (non-hydrogen) atoms. The summed E-state index contributed by atoms with van der Waals surface area (Å²) in [7, 11) is -0.778. The van der Waals surface area contributed by atoms with Crippen LogP contribution in [0.15, 0.2) is 17.3 Å². The normalized spacial score (nSPS) is 16.5. The average Bonchev–Trinajstić information content (AvgIpc) is 3.31. The quantitative estimate of drug-likeness (QED) is 0.447. The molecule has 0 radical (unpaired) electrons. The van der Waals surface area contributed by atoms with E-state index in [-0.39, 0.29) is 48.5 Å². The Morgan fingerprint density at radius 1 is 1.30 bits per heavy atom. The molecule has 0 aromatic carbocycles. The number of nitrogens with zero attached hydrogens (tertiary/aromatic N) is 7. The third-order valence-electron chi connectivity index (χ3n) is 5.18. The lowest BCUT2D eigenvalue weighted by Gasteiger charge is -2.35. The number of methoxy groups -OCH3 is 1. The molecule has 1 amide bonds. The molecule has 1 aliphatic rings. The SMILES string of the molecule is COc1nn(C(C)C(=O)N2CCN(S(=O)(=O)c3cnn(C)c3C)CC2)cc1[N+](=O)[O-]. The zero-order valence-corrected chi connectivity index (χ0v) is 17.9. The summed E-state index contributed by atoms with van der Waals surface area (Å²) in [4.78, 5) is 24.9. The molecule has 2 aromatic heterocycles. The minimum absolute atomic E-state index is 0.137. The molecule has 13 nitrogen and oxygen atoms in total. The van der Waals surface area contributed by atoms with Gasteiger partial charge in [0.2, 0.25) is 15.9 Å². The van der Waals surface area contributed by atoms with Crippen molar-refractivity contribution in [1.82, 2.24) is 28.8 Å². The molecule has 3 rings (SSSR count). The summed E-state index contributed by atoms with van der Waals surface area (Å²) in [5, 5.41) is 19.0. The Morgan fingerprint density at radius 3 is 2.40 bits per heavy atom. The van der Waals surface area contributed by atoms with E-state index in [0.717, 1.165) is 6.20 Å². The fraction of sp³-hybridized carbons (Fsp3) is 0.562. The molecule has 0 spiro atoms. The van der Waals surface area contributed by atoms with Crippen molar-refractivity contribution in [2.75, 3.05) is 33.3 Å². The van der Waals surface area contributed by atoms with Crippen molar-refractivity contribution in [1.29, 1.82) is 0 Å². The van der Waals surface area contributed by atoms with E-state index < -0.39 is 21.0 Å². The largest absolute Gasteiger partial charge is 0.475 e. The fourth-order valence-corrected chi connectivity index (χ4v) is 4.84. The molecule has 1 atom stereocenters. The standard InChI is InChI=1S/C16H23N7O6S/c1-11-14(9-17-19(11)3)30(27,28)21-7-5-20(6-8-21)16(24)12(2)22-10-13(23(25)26)15(18-22)29-4/h9-10,12H,5-8H2,1-4H3. The van der Waals surface area contributed by atoms with E-state index in [2.05, 4.69) is 10.2 Å². The minimum Gasteiger partial charge on any atom is -0.475 e. The van der Waals surface area contributed by atoms with Crippen LogP contribution in [-0.4, -0.2) is 81.3 Å². The molecule has 14 heteroatoms. The molecule has 0 saturated carbocycles. The number of nitro groups is 1. The van der Waals surface area contributed by atoms with Gasteiger partial charge in [0.1, 0.15) is 17.1 Å². The monoisotopic (exact) mass is 441 g/mol. The number of amides is 1. The van der Waals surface area contributed by atoms with Gasteiger partial charge < -0.3 is 9.64 Å². The lowest BCUT2D eigenvalue weighted by molar-refractivity contribution is -0.385. The maximum Gasteiger partial charge on any atom is 0.350 e. The first-order valence-corrected chi connectivity index (χ1v) is 10.6. The number of sulfonamides is 1. The van der Waals surface area contributed by atoms with E-state index in [4.69, 9.17) is 4.74 Å².